The molecular formula is C15H16N4O6S. The second-order valence-electron chi connectivity index (χ2n) is 5.47. The normalized spacial score (nSPS) is 11.7. The van der Waals surface area contributed by atoms with Gasteiger partial charge in [0.05, 0.1) is 25.3 Å². The van der Waals surface area contributed by atoms with Crippen LogP contribution in [0.3, 0.4) is 0 Å². The summed E-state index contributed by atoms with van der Waals surface area (Å²) in [6.45, 7) is 0. The number of hydrogen-bond donors (Lipinski definition) is 0. The Labute approximate surface area is 147 Å². The highest BCUT2D eigenvalue weighted by Crippen LogP contribution is 2.30. The molecule has 0 aliphatic heterocycles. The van der Waals surface area contributed by atoms with Gasteiger partial charge < -0.3 is 9.47 Å². The van der Waals surface area contributed by atoms with Gasteiger partial charge >= 0.3 is 5.69 Å². The average molecular weight is 380 g/mol. The monoisotopic (exact) mass is 380 g/mol. The van der Waals surface area contributed by atoms with Crippen molar-refractivity contribution in [2.24, 2.45) is 14.1 Å². The third-order valence-corrected chi connectivity index (χ3v) is 5.53. The van der Waals surface area contributed by atoms with Crippen molar-refractivity contribution in [3.63, 3.8) is 0 Å². The number of hydrogen-bond acceptors (Lipinski definition) is 7. The Bertz CT molecular complexity index is 1240. The van der Waals surface area contributed by atoms with Crippen LogP contribution < -0.4 is 20.7 Å². The molecule has 26 heavy (non-hydrogen) atoms. The van der Waals surface area contributed by atoms with E-state index in [1.54, 1.807) is 0 Å². The molecule has 0 atom stereocenters. The number of rotatable bonds is 4. The molecule has 3 rings (SSSR count). The number of aromatic nitrogens is 4. The number of benzene rings is 1. The molecule has 138 valence electrons. The SMILES string of the molecule is COc1ccc(S(=O)(=O)n2cc3c(=O)n(C)c(=O)n(C)c3n2)cc1OC. The van der Waals surface area contributed by atoms with Crippen molar-refractivity contribution in [3.8, 4) is 11.5 Å². The van der Waals surface area contributed by atoms with Gasteiger partial charge in [-0.2, -0.15) is 12.5 Å². The van der Waals surface area contributed by atoms with E-state index in [0.29, 0.717) is 9.84 Å². The fourth-order valence-electron chi connectivity index (χ4n) is 2.53. The minimum absolute atomic E-state index is 0.0126. The van der Waals surface area contributed by atoms with Crippen molar-refractivity contribution in [2.75, 3.05) is 14.2 Å². The molecule has 0 spiro atoms. The Morgan fingerprint density at radius 2 is 1.65 bits per heavy atom. The van der Waals surface area contributed by atoms with Gasteiger partial charge in [-0.15, -0.1) is 5.10 Å². The first-order chi connectivity index (χ1) is 12.2. The van der Waals surface area contributed by atoms with Gasteiger partial charge in [0.1, 0.15) is 5.39 Å². The maximum atomic E-state index is 12.9. The minimum Gasteiger partial charge on any atom is -0.493 e. The van der Waals surface area contributed by atoms with Crippen LogP contribution in [0, 0.1) is 0 Å². The Morgan fingerprint density at radius 1 is 1.00 bits per heavy atom. The molecule has 2 aromatic heterocycles. The minimum atomic E-state index is -4.11. The molecule has 0 N–H and O–H groups in total. The van der Waals surface area contributed by atoms with Gasteiger partial charge in [0.2, 0.25) is 0 Å². The van der Waals surface area contributed by atoms with Crippen LogP contribution in [-0.4, -0.2) is 41.0 Å². The zero-order valence-corrected chi connectivity index (χ0v) is 15.3. The third-order valence-electron chi connectivity index (χ3n) is 4.00. The number of methoxy groups -OCH3 is 2. The van der Waals surface area contributed by atoms with E-state index >= 15 is 0 Å². The predicted molar refractivity (Wildman–Crippen MR) is 92.3 cm³/mol. The number of aryl methyl sites for hydroxylation is 1. The Morgan fingerprint density at radius 3 is 2.27 bits per heavy atom. The van der Waals surface area contributed by atoms with Crippen LogP contribution in [0.1, 0.15) is 0 Å². The molecule has 0 aliphatic rings. The molecular weight excluding hydrogens is 364 g/mol. The van der Waals surface area contributed by atoms with E-state index in [1.807, 2.05) is 0 Å². The van der Waals surface area contributed by atoms with E-state index in [-0.39, 0.29) is 21.7 Å². The first kappa shape index (κ1) is 17.7. The maximum absolute atomic E-state index is 12.9. The van der Waals surface area contributed by atoms with Crippen molar-refractivity contribution >= 4 is 21.1 Å². The molecule has 1 aromatic carbocycles. The van der Waals surface area contributed by atoms with Gasteiger partial charge in [-0.3, -0.25) is 13.9 Å². The lowest BCUT2D eigenvalue weighted by Gasteiger charge is -2.10. The molecule has 0 saturated heterocycles. The van der Waals surface area contributed by atoms with E-state index in [4.69, 9.17) is 9.47 Å². The van der Waals surface area contributed by atoms with Crippen LogP contribution in [0.25, 0.3) is 11.0 Å². The smallest absolute Gasteiger partial charge is 0.332 e. The molecule has 2 heterocycles. The highest BCUT2D eigenvalue weighted by atomic mass is 32.2. The number of nitrogens with zero attached hydrogens (tertiary/aromatic N) is 4. The van der Waals surface area contributed by atoms with Gasteiger partial charge in [0, 0.05) is 20.2 Å². The van der Waals surface area contributed by atoms with Gasteiger partial charge in [0.15, 0.2) is 17.1 Å². The lowest BCUT2D eigenvalue weighted by Crippen LogP contribution is -2.36. The summed E-state index contributed by atoms with van der Waals surface area (Å²) in [6.07, 6.45) is 1.09. The van der Waals surface area contributed by atoms with E-state index in [2.05, 4.69) is 5.10 Å². The zero-order chi connectivity index (χ0) is 19.2. The van der Waals surface area contributed by atoms with Gasteiger partial charge in [-0.1, -0.05) is 0 Å². The quantitative estimate of drug-likeness (QED) is 0.610. The van der Waals surface area contributed by atoms with E-state index in [1.165, 1.54) is 46.5 Å². The molecule has 3 aromatic rings. The van der Waals surface area contributed by atoms with Crippen LogP contribution >= 0.6 is 0 Å². The summed E-state index contributed by atoms with van der Waals surface area (Å²) >= 11 is 0. The standard InChI is InChI=1S/C15H16N4O6S/c1-17-13-10(14(20)18(2)15(17)21)8-19(16-13)26(22,23)9-5-6-11(24-3)12(7-9)25-4/h5-8H,1-4H3. The molecule has 0 aliphatic carbocycles. The average Bonchev–Trinajstić information content (AvgIpc) is 3.10. The van der Waals surface area contributed by atoms with Crippen molar-refractivity contribution < 1.29 is 17.9 Å². The lowest BCUT2D eigenvalue weighted by atomic mass is 10.3. The van der Waals surface area contributed by atoms with Crippen molar-refractivity contribution in [3.05, 3.63) is 45.2 Å². The second kappa shape index (κ2) is 6.02. The van der Waals surface area contributed by atoms with Crippen LogP contribution in [0.5, 0.6) is 11.5 Å². The van der Waals surface area contributed by atoms with Crippen molar-refractivity contribution in [1.29, 1.82) is 0 Å². The molecule has 0 radical (unpaired) electrons. The second-order valence-corrected chi connectivity index (χ2v) is 7.26. The summed E-state index contributed by atoms with van der Waals surface area (Å²) in [5.41, 5.74) is -1.25. The maximum Gasteiger partial charge on any atom is 0.332 e. The summed E-state index contributed by atoms with van der Waals surface area (Å²) in [6, 6.07) is 4.07. The molecule has 0 amide bonds. The van der Waals surface area contributed by atoms with Crippen LogP contribution in [0.4, 0.5) is 0 Å². The highest BCUT2D eigenvalue weighted by Gasteiger charge is 2.23. The molecule has 0 bridgehead atoms. The molecule has 10 nitrogen and oxygen atoms in total. The van der Waals surface area contributed by atoms with Crippen LogP contribution in [-0.2, 0) is 24.1 Å². The molecule has 0 unspecified atom stereocenters. The summed E-state index contributed by atoms with van der Waals surface area (Å²) in [7, 11) is 1.42. The third kappa shape index (κ3) is 2.47. The van der Waals surface area contributed by atoms with E-state index in [9.17, 15) is 18.0 Å². The van der Waals surface area contributed by atoms with Gasteiger partial charge in [-0.05, 0) is 12.1 Å². The van der Waals surface area contributed by atoms with Crippen molar-refractivity contribution in [1.82, 2.24) is 18.3 Å². The van der Waals surface area contributed by atoms with Gasteiger partial charge in [0.25, 0.3) is 15.6 Å². The topological polar surface area (TPSA) is 114 Å². The lowest BCUT2D eigenvalue weighted by molar-refractivity contribution is 0.354. The Kier molecular flexibility index (Phi) is 4.11. The fourth-order valence-corrected chi connectivity index (χ4v) is 3.68. The van der Waals surface area contributed by atoms with Crippen LogP contribution in [0.2, 0.25) is 0 Å². The molecule has 11 heteroatoms. The van der Waals surface area contributed by atoms with E-state index < -0.39 is 21.3 Å². The largest absolute Gasteiger partial charge is 0.493 e. The zero-order valence-electron chi connectivity index (χ0n) is 14.5. The predicted octanol–water partition coefficient (Wildman–Crippen LogP) is -0.312. The highest BCUT2D eigenvalue weighted by molar-refractivity contribution is 7.89. The summed E-state index contributed by atoms with van der Waals surface area (Å²) in [5, 5.41) is 3.94. The Balaban J connectivity index is 2.26. The summed E-state index contributed by atoms with van der Waals surface area (Å²) in [4.78, 5) is 24.1. The number of fused-ring (bicyclic) bond motifs is 1. The van der Waals surface area contributed by atoms with E-state index in [0.717, 1.165) is 15.3 Å². The van der Waals surface area contributed by atoms with Crippen molar-refractivity contribution in [2.45, 2.75) is 4.90 Å². The molecule has 0 saturated carbocycles. The number of ether oxygens (including phenoxy) is 2. The molecule has 0 fully saturated rings. The first-order valence-electron chi connectivity index (χ1n) is 7.35. The summed E-state index contributed by atoms with van der Waals surface area (Å²) < 4.78 is 38.6. The summed E-state index contributed by atoms with van der Waals surface area (Å²) in [5.74, 6) is 0.599. The van der Waals surface area contributed by atoms with Crippen LogP contribution in [0.15, 0.2) is 38.9 Å². The Hall–Kier alpha value is -3.08. The van der Waals surface area contributed by atoms with Gasteiger partial charge in [-0.25, -0.2) is 4.79 Å². The fraction of sp³-hybridized carbons (Fsp3) is 0.267. The first-order valence-corrected chi connectivity index (χ1v) is 8.79.